The van der Waals surface area contributed by atoms with E-state index >= 15 is 0 Å². The second-order valence-electron chi connectivity index (χ2n) is 5.39. The third-order valence-corrected chi connectivity index (χ3v) is 5.75. The Morgan fingerprint density at radius 3 is 2.62 bits per heavy atom. The zero-order valence-corrected chi connectivity index (χ0v) is 13.1. The van der Waals surface area contributed by atoms with Gasteiger partial charge in [0.1, 0.15) is 6.61 Å². The SMILES string of the molecule is CN(CC1CCCC1)S(=O)(=O)c1ccccc1C#CCO. The van der Waals surface area contributed by atoms with Crippen LogP contribution in [-0.2, 0) is 10.0 Å². The van der Waals surface area contributed by atoms with Gasteiger partial charge in [-0.15, -0.1) is 0 Å². The molecule has 0 heterocycles. The Morgan fingerprint density at radius 2 is 1.95 bits per heavy atom. The zero-order chi connectivity index (χ0) is 15.3. The van der Waals surface area contributed by atoms with Crippen molar-refractivity contribution in [3.63, 3.8) is 0 Å². The Bertz CT molecular complexity index is 637. The predicted octanol–water partition coefficient (Wildman–Crippen LogP) is 1.84. The van der Waals surface area contributed by atoms with E-state index in [0.29, 0.717) is 18.0 Å². The molecular weight excluding hydrogens is 286 g/mol. The summed E-state index contributed by atoms with van der Waals surface area (Å²) in [7, 11) is -1.91. The number of hydrogen-bond donors (Lipinski definition) is 1. The Balaban J connectivity index is 2.26. The third-order valence-electron chi connectivity index (χ3n) is 3.87. The van der Waals surface area contributed by atoms with E-state index in [2.05, 4.69) is 11.8 Å². The minimum Gasteiger partial charge on any atom is -0.384 e. The molecule has 21 heavy (non-hydrogen) atoms. The first-order valence-corrected chi connectivity index (χ1v) is 8.65. The monoisotopic (exact) mass is 307 g/mol. The average molecular weight is 307 g/mol. The first-order valence-electron chi connectivity index (χ1n) is 7.21. The lowest BCUT2D eigenvalue weighted by Gasteiger charge is -2.21. The van der Waals surface area contributed by atoms with Gasteiger partial charge in [-0.2, -0.15) is 0 Å². The Morgan fingerprint density at radius 1 is 1.29 bits per heavy atom. The van der Waals surface area contributed by atoms with Crippen LogP contribution in [0.15, 0.2) is 29.2 Å². The Kier molecular flexibility index (Phi) is 5.40. The number of rotatable bonds is 4. The van der Waals surface area contributed by atoms with E-state index < -0.39 is 10.0 Å². The summed E-state index contributed by atoms with van der Waals surface area (Å²) in [5.74, 6) is 5.68. The molecule has 1 fully saturated rings. The summed E-state index contributed by atoms with van der Waals surface area (Å²) in [5.41, 5.74) is 0.435. The molecule has 0 atom stereocenters. The van der Waals surface area contributed by atoms with E-state index in [-0.39, 0.29) is 11.5 Å². The maximum Gasteiger partial charge on any atom is 0.244 e. The highest BCUT2D eigenvalue weighted by Gasteiger charge is 2.26. The highest BCUT2D eigenvalue weighted by molar-refractivity contribution is 7.89. The summed E-state index contributed by atoms with van der Waals surface area (Å²) in [6, 6.07) is 6.68. The number of sulfonamides is 1. The predicted molar refractivity (Wildman–Crippen MR) is 82.2 cm³/mol. The molecule has 0 saturated heterocycles. The van der Waals surface area contributed by atoms with Gasteiger partial charge in [0, 0.05) is 19.2 Å². The van der Waals surface area contributed by atoms with Crippen LogP contribution in [0.2, 0.25) is 0 Å². The van der Waals surface area contributed by atoms with Crippen molar-refractivity contribution in [2.45, 2.75) is 30.6 Å². The van der Waals surface area contributed by atoms with Crippen LogP contribution in [-0.4, -0.2) is 38.0 Å². The van der Waals surface area contributed by atoms with Crippen LogP contribution >= 0.6 is 0 Å². The van der Waals surface area contributed by atoms with Gasteiger partial charge in [0.05, 0.1) is 4.90 Å². The molecular formula is C16H21NO3S. The van der Waals surface area contributed by atoms with Gasteiger partial charge in [-0.1, -0.05) is 36.8 Å². The molecule has 0 radical (unpaired) electrons. The molecule has 0 amide bonds. The van der Waals surface area contributed by atoms with Crippen LogP contribution in [0, 0.1) is 17.8 Å². The Hall–Kier alpha value is -1.35. The average Bonchev–Trinajstić information content (AvgIpc) is 2.98. The van der Waals surface area contributed by atoms with Crippen molar-refractivity contribution in [3.8, 4) is 11.8 Å². The van der Waals surface area contributed by atoms with E-state index in [1.54, 1.807) is 31.3 Å². The second-order valence-corrected chi connectivity index (χ2v) is 7.41. The molecule has 1 aliphatic rings. The van der Waals surface area contributed by atoms with E-state index in [1.165, 1.54) is 17.1 Å². The first-order chi connectivity index (χ1) is 10.1. The summed E-state index contributed by atoms with van der Waals surface area (Å²) >= 11 is 0. The first kappa shape index (κ1) is 16.0. The number of nitrogens with zero attached hydrogens (tertiary/aromatic N) is 1. The molecule has 5 heteroatoms. The standard InChI is InChI=1S/C16H21NO3S/c1-17(13-14-7-2-3-8-14)21(19,20)16-11-5-4-9-15(16)10-6-12-18/h4-5,9,11,14,18H,2-3,7-8,12-13H2,1H3. The molecule has 0 spiro atoms. The van der Waals surface area contributed by atoms with Crippen LogP contribution in [0.3, 0.4) is 0 Å². The normalized spacial score (nSPS) is 16.0. The molecule has 1 aromatic carbocycles. The van der Waals surface area contributed by atoms with Gasteiger partial charge in [0.2, 0.25) is 10.0 Å². The van der Waals surface area contributed by atoms with Crippen LogP contribution in [0.25, 0.3) is 0 Å². The smallest absolute Gasteiger partial charge is 0.244 e. The van der Waals surface area contributed by atoms with E-state index in [4.69, 9.17) is 5.11 Å². The molecule has 1 aliphatic carbocycles. The van der Waals surface area contributed by atoms with Crippen LogP contribution in [0.4, 0.5) is 0 Å². The topological polar surface area (TPSA) is 57.6 Å². The van der Waals surface area contributed by atoms with Gasteiger partial charge in [-0.3, -0.25) is 0 Å². The maximum atomic E-state index is 12.7. The molecule has 0 unspecified atom stereocenters. The minimum absolute atomic E-state index is 0.214. The Labute approximate surface area is 126 Å². The van der Waals surface area contributed by atoms with E-state index in [1.807, 2.05) is 0 Å². The number of hydrogen-bond acceptors (Lipinski definition) is 3. The van der Waals surface area contributed by atoms with Gasteiger partial charge in [0.25, 0.3) is 0 Å². The van der Waals surface area contributed by atoms with Crippen LogP contribution in [0.1, 0.15) is 31.2 Å². The second kappa shape index (κ2) is 7.08. The molecule has 1 saturated carbocycles. The van der Waals surface area contributed by atoms with Crippen molar-refractivity contribution >= 4 is 10.0 Å². The molecule has 0 bridgehead atoms. The molecule has 114 valence electrons. The van der Waals surface area contributed by atoms with Gasteiger partial charge < -0.3 is 5.11 Å². The fraction of sp³-hybridized carbons (Fsp3) is 0.500. The lowest BCUT2D eigenvalue weighted by Crippen LogP contribution is -2.31. The van der Waals surface area contributed by atoms with Gasteiger partial charge in [-0.05, 0) is 30.9 Å². The van der Waals surface area contributed by atoms with Gasteiger partial charge in [0.15, 0.2) is 0 Å². The zero-order valence-electron chi connectivity index (χ0n) is 12.2. The number of aliphatic hydroxyl groups excluding tert-OH is 1. The van der Waals surface area contributed by atoms with Crippen molar-refractivity contribution in [2.24, 2.45) is 5.92 Å². The summed E-state index contributed by atoms with van der Waals surface area (Å²) in [5, 5.41) is 8.79. The van der Waals surface area contributed by atoms with Crippen LogP contribution in [0.5, 0.6) is 0 Å². The molecule has 0 aliphatic heterocycles. The van der Waals surface area contributed by atoms with Crippen molar-refractivity contribution < 1.29 is 13.5 Å². The lowest BCUT2D eigenvalue weighted by molar-refractivity contribution is 0.350. The molecule has 0 aromatic heterocycles. The highest BCUT2D eigenvalue weighted by atomic mass is 32.2. The van der Waals surface area contributed by atoms with E-state index in [0.717, 1.165) is 12.8 Å². The fourth-order valence-corrected chi connectivity index (χ4v) is 4.14. The highest BCUT2D eigenvalue weighted by Crippen LogP contribution is 2.27. The molecule has 4 nitrogen and oxygen atoms in total. The van der Waals surface area contributed by atoms with Crippen LogP contribution < -0.4 is 0 Å². The number of benzene rings is 1. The largest absolute Gasteiger partial charge is 0.384 e. The molecule has 1 N–H and O–H groups in total. The quantitative estimate of drug-likeness (QED) is 0.864. The van der Waals surface area contributed by atoms with Gasteiger partial charge >= 0.3 is 0 Å². The summed E-state index contributed by atoms with van der Waals surface area (Å²) < 4.78 is 26.8. The van der Waals surface area contributed by atoms with Crippen molar-refractivity contribution in [1.82, 2.24) is 4.31 Å². The lowest BCUT2D eigenvalue weighted by atomic mass is 10.1. The molecule has 1 aromatic rings. The third kappa shape index (κ3) is 3.85. The summed E-state index contributed by atoms with van der Waals surface area (Å²) in [4.78, 5) is 0.214. The van der Waals surface area contributed by atoms with Crippen molar-refractivity contribution in [2.75, 3.05) is 20.2 Å². The number of aliphatic hydroxyl groups is 1. The van der Waals surface area contributed by atoms with E-state index in [9.17, 15) is 8.42 Å². The van der Waals surface area contributed by atoms with Gasteiger partial charge in [-0.25, -0.2) is 12.7 Å². The summed E-state index contributed by atoms with van der Waals surface area (Å²) in [6.07, 6.45) is 4.59. The summed E-state index contributed by atoms with van der Waals surface area (Å²) in [6.45, 7) is 0.274. The van der Waals surface area contributed by atoms with Crippen molar-refractivity contribution in [1.29, 1.82) is 0 Å². The minimum atomic E-state index is -3.54. The maximum absolute atomic E-state index is 12.7. The molecule has 2 rings (SSSR count). The van der Waals surface area contributed by atoms with Crippen molar-refractivity contribution in [3.05, 3.63) is 29.8 Å². The fourth-order valence-electron chi connectivity index (χ4n) is 2.75.